The van der Waals surface area contributed by atoms with Crippen LogP contribution < -0.4 is 20.7 Å². The van der Waals surface area contributed by atoms with Crippen LogP contribution in [0.2, 0.25) is 0 Å². The lowest BCUT2D eigenvalue weighted by molar-refractivity contribution is -0.124. The minimum Gasteiger partial charge on any atom is -0.484 e. The van der Waals surface area contributed by atoms with Gasteiger partial charge in [-0.05, 0) is 68.8 Å². The Labute approximate surface area is 209 Å². The lowest BCUT2D eigenvalue weighted by Gasteiger charge is -2.20. The van der Waals surface area contributed by atoms with Gasteiger partial charge in [-0.25, -0.2) is 9.97 Å². The van der Waals surface area contributed by atoms with E-state index in [1.54, 1.807) is 6.07 Å². The monoisotopic (exact) mass is 481 g/mol. The molecule has 5 rings (SSSR count). The van der Waals surface area contributed by atoms with Gasteiger partial charge in [0.2, 0.25) is 0 Å². The highest BCUT2D eigenvalue weighted by Crippen LogP contribution is 2.30. The van der Waals surface area contributed by atoms with Gasteiger partial charge < -0.3 is 20.7 Å². The van der Waals surface area contributed by atoms with Gasteiger partial charge in [0.15, 0.2) is 12.4 Å². The maximum absolute atomic E-state index is 12.1. The number of anilines is 2. The summed E-state index contributed by atoms with van der Waals surface area (Å²) in [7, 11) is 0. The van der Waals surface area contributed by atoms with Gasteiger partial charge in [0, 0.05) is 34.3 Å². The summed E-state index contributed by atoms with van der Waals surface area (Å²) >= 11 is 0. The number of nitrogens with one attached hydrogen (secondary N) is 3. The largest absolute Gasteiger partial charge is 0.484 e. The fourth-order valence-electron chi connectivity index (χ4n) is 4.08. The average Bonchev–Trinajstić information content (AvgIpc) is 3.22. The molecule has 0 saturated heterocycles. The van der Waals surface area contributed by atoms with Crippen LogP contribution in [0, 0.1) is 0 Å². The van der Waals surface area contributed by atoms with Crippen LogP contribution in [0.4, 0.5) is 11.5 Å². The molecular weight excluding hydrogens is 454 g/mol. The van der Waals surface area contributed by atoms with Gasteiger partial charge in [-0.3, -0.25) is 9.59 Å². The molecule has 2 amide bonds. The van der Waals surface area contributed by atoms with Crippen LogP contribution in [0.3, 0.4) is 0 Å². The van der Waals surface area contributed by atoms with E-state index in [9.17, 15) is 9.59 Å². The van der Waals surface area contributed by atoms with Crippen LogP contribution >= 0.6 is 0 Å². The van der Waals surface area contributed by atoms with E-state index in [1.807, 2.05) is 81.4 Å². The first-order chi connectivity index (χ1) is 17.2. The van der Waals surface area contributed by atoms with Gasteiger partial charge in [0.1, 0.15) is 11.6 Å². The highest BCUT2D eigenvalue weighted by atomic mass is 16.5. The maximum atomic E-state index is 12.1. The number of nitrogens with zero attached hydrogens (tertiary/aromatic N) is 2. The van der Waals surface area contributed by atoms with Crippen molar-refractivity contribution in [1.29, 1.82) is 0 Å². The number of amides is 2. The first kappa shape index (κ1) is 23.3. The number of hydrogen-bond acceptors (Lipinski definition) is 6. The van der Waals surface area contributed by atoms with E-state index in [-0.39, 0.29) is 24.0 Å². The van der Waals surface area contributed by atoms with Crippen molar-refractivity contribution in [3.63, 3.8) is 0 Å². The fourth-order valence-corrected chi connectivity index (χ4v) is 4.08. The van der Waals surface area contributed by atoms with E-state index >= 15 is 0 Å². The van der Waals surface area contributed by atoms with Gasteiger partial charge in [-0.2, -0.15) is 0 Å². The van der Waals surface area contributed by atoms with E-state index in [1.165, 1.54) is 0 Å². The molecule has 3 N–H and O–H groups in total. The number of rotatable bonds is 6. The molecule has 1 aliphatic heterocycles. The molecule has 8 heteroatoms. The zero-order valence-electron chi connectivity index (χ0n) is 20.4. The van der Waals surface area contributed by atoms with Crippen molar-refractivity contribution in [3.8, 4) is 17.1 Å². The molecule has 0 bridgehead atoms. The Morgan fingerprint density at radius 1 is 1.03 bits per heavy atom. The Bertz CT molecular complexity index is 1480. The molecule has 0 aliphatic carbocycles. The Hall–Kier alpha value is -4.46. The molecule has 0 radical (unpaired) electrons. The van der Waals surface area contributed by atoms with E-state index in [0.29, 0.717) is 29.5 Å². The molecule has 0 saturated carbocycles. The summed E-state index contributed by atoms with van der Waals surface area (Å²) in [5.74, 6) is 1.50. The summed E-state index contributed by atoms with van der Waals surface area (Å²) in [4.78, 5) is 33.6. The van der Waals surface area contributed by atoms with E-state index < -0.39 is 0 Å². The molecule has 4 aromatic rings. The number of hydrogen-bond donors (Lipinski definition) is 3. The topological polar surface area (TPSA) is 105 Å². The zero-order valence-corrected chi connectivity index (χ0v) is 20.4. The first-order valence-corrected chi connectivity index (χ1v) is 11.7. The van der Waals surface area contributed by atoms with Crippen LogP contribution in [0.15, 0.2) is 66.7 Å². The van der Waals surface area contributed by atoms with Gasteiger partial charge in [-0.15, -0.1) is 0 Å². The first-order valence-electron chi connectivity index (χ1n) is 11.7. The van der Waals surface area contributed by atoms with Gasteiger partial charge >= 0.3 is 0 Å². The number of fused-ring (bicyclic) bond motifs is 2. The average molecular weight is 482 g/mol. The number of benzene rings is 3. The Morgan fingerprint density at radius 2 is 1.86 bits per heavy atom. The molecule has 0 fully saturated rings. The molecule has 2 heterocycles. The molecule has 1 aromatic heterocycles. The normalized spacial score (nSPS) is 12.7. The van der Waals surface area contributed by atoms with Crippen molar-refractivity contribution >= 4 is 34.2 Å². The second-order valence-electron chi connectivity index (χ2n) is 9.71. The lowest BCUT2D eigenvalue weighted by Crippen LogP contribution is -2.43. The van der Waals surface area contributed by atoms with Gasteiger partial charge in [-0.1, -0.05) is 24.3 Å². The van der Waals surface area contributed by atoms with Crippen molar-refractivity contribution in [2.24, 2.45) is 0 Å². The predicted octanol–water partition coefficient (Wildman–Crippen LogP) is 4.58. The van der Waals surface area contributed by atoms with Gasteiger partial charge in [0.25, 0.3) is 11.8 Å². The molecule has 0 spiro atoms. The Balaban J connectivity index is 1.43. The predicted molar refractivity (Wildman–Crippen MR) is 139 cm³/mol. The van der Waals surface area contributed by atoms with Crippen molar-refractivity contribution in [3.05, 3.63) is 77.9 Å². The maximum Gasteiger partial charge on any atom is 0.258 e. The van der Waals surface area contributed by atoms with Crippen molar-refractivity contribution in [2.45, 2.75) is 32.9 Å². The highest BCUT2D eigenvalue weighted by molar-refractivity contribution is 5.99. The molecule has 3 aromatic carbocycles. The number of carbonyl (C=O) groups is 2. The molecule has 182 valence electrons. The smallest absolute Gasteiger partial charge is 0.258 e. The fraction of sp³-hybridized carbons (Fsp3) is 0.214. The Kier molecular flexibility index (Phi) is 6.01. The minimum absolute atomic E-state index is 0.0516. The van der Waals surface area contributed by atoms with Crippen LogP contribution in [-0.4, -0.2) is 33.9 Å². The van der Waals surface area contributed by atoms with E-state index in [2.05, 4.69) is 16.0 Å². The van der Waals surface area contributed by atoms with Crippen molar-refractivity contribution < 1.29 is 14.3 Å². The molecule has 0 atom stereocenters. The highest BCUT2D eigenvalue weighted by Gasteiger charge is 2.19. The molecule has 0 unspecified atom stereocenters. The third kappa shape index (κ3) is 5.12. The lowest BCUT2D eigenvalue weighted by atomic mass is 10.1. The van der Waals surface area contributed by atoms with Gasteiger partial charge in [0.05, 0.1) is 5.52 Å². The molecular formula is C28H27N5O3. The number of ether oxygens (including phenoxy) is 1. The third-order valence-corrected chi connectivity index (χ3v) is 5.63. The summed E-state index contributed by atoms with van der Waals surface area (Å²) in [5.41, 5.74) is 3.71. The molecule has 1 aliphatic rings. The van der Waals surface area contributed by atoms with Crippen molar-refractivity contribution in [2.75, 3.05) is 11.9 Å². The van der Waals surface area contributed by atoms with E-state index in [4.69, 9.17) is 14.7 Å². The van der Waals surface area contributed by atoms with Crippen LogP contribution in [-0.2, 0) is 11.3 Å². The second-order valence-corrected chi connectivity index (χ2v) is 9.71. The molecule has 36 heavy (non-hydrogen) atoms. The Morgan fingerprint density at radius 3 is 2.69 bits per heavy atom. The third-order valence-electron chi connectivity index (χ3n) is 5.63. The van der Waals surface area contributed by atoms with Crippen molar-refractivity contribution in [1.82, 2.24) is 20.6 Å². The standard InChI is InChI=1S/C28H27N5O3/c1-28(2,3)33-24(34)16-36-20-8-6-7-17(14-20)25-31-23-10-5-4-9-22(23)26(32-25)30-19-11-12-21-18(13-19)15-29-27(21)35/h4-14H,15-16H2,1-3H3,(H,29,35)(H,33,34)(H,30,31,32). The molecule has 8 nitrogen and oxygen atoms in total. The van der Waals surface area contributed by atoms with E-state index in [0.717, 1.165) is 27.7 Å². The summed E-state index contributed by atoms with van der Waals surface area (Å²) < 4.78 is 5.72. The summed E-state index contributed by atoms with van der Waals surface area (Å²) in [6.45, 7) is 6.20. The van der Waals surface area contributed by atoms with Crippen LogP contribution in [0.1, 0.15) is 36.7 Å². The summed E-state index contributed by atoms with van der Waals surface area (Å²) in [6, 6.07) is 20.8. The second kappa shape index (κ2) is 9.30. The zero-order chi connectivity index (χ0) is 25.3. The summed E-state index contributed by atoms with van der Waals surface area (Å²) in [6.07, 6.45) is 0. The van der Waals surface area contributed by atoms with Crippen LogP contribution in [0.5, 0.6) is 5.75 Å². The quantitative estimate of drug-likeness (QED) is 0.372. The SMILES string of the molecule is CC(C)(C)NC(=O)COc1cccc(-c2nc(Nc3ccc4c(c3)CNC4=O)c3ccccc3n2)c1. The number of aromatic nitrogens is 2. The number of carbonyl (C=O) groups excluding carboxylic acids is 2. The summed E-state index contributed by atoms with van der Waals surface area (Å²) in [5, 5.41) is 10.0. The van der Waals surface area contributed by atoms with Crippen LogP contribution in [0.25, 0.3) is 22.3 Å². The minimum atomic E-state index is -0.324. The number of para-hydroxylation sites is 1.